The Kier molecular flexibility index (Phi) is 4.27. The van der Waals surface area contributed by atoms with Gasteiger partial charge in [-0.1, -0.05) is 0 Å². The molecule has 6 nitrogen and oxygen atoms in total. The molecule has 0 aliphatic carbocycles. The van der Waals surface area contributed by atoms with Gasteiger partial charge in [0, 0.05) is 18.9 Å². The molecule has 0 radical (unpaired) electrons. The molecule has 0 saturated carbocycles. The van der Waals surface area contributed by atoms with Crippen molar-refractivity contribution in [2.45, 2.75) is 25.8 Å². The quantitative estimate of drug-likeness (QED) is 0.862. The molecule has 6 heteroatoms. The summed E-state index contributed by atoms with van der Waals surface area (Å²) < 4.78 is 5.50. The summed E-state index contributed by atoms with van der Waals surface area (Å²) in [6.45, 7) is 2.65. The molecule has 1 saturated heterocycles. The molecule has 22 heavy (non-hydrogen) atoms. The number of carbonyl (C=O) groups is 1. The van der Waals surface area contributed by atoms with E-state index in [0.717, 1.165) is 30.8 Å². The van der Waals surface area contributed by atoms with Gasteiger partial charge >= 0.3 is 0 Å². The first-order valence-corrected chi connectivity index (χ1v) is 7.35. The van der Waals surface area contributed by atoms with Gasteiger partial charge in [0.05, 0.1) is 29.8 Å². The van der Waals surface area contributed by atoms with Crippen LogP contribution in [0.25, 0.3) is 0 Å². The highest BCUT2D eigenvalue weighted by Gasteiger charge is 2.31. The Morgan fingerprint density at radius 3 is 3.05 bits per heavy atom. The third kappa shape index (κ3) is 3.21. The maximum atomic E-state index is 12.4. The van der Waals surface area contributed by atoms with Crippen LogP contribution in [-0.2, 0) is 4.79 Å². The minimum Gasteiger partial charge on any atom is -0.482 e. The van der Waals surface area contributed by atoms with Gasteiger partial charge in [0.15, 0.2) is 6.61 Å². The van der Waals surface area contributed by atoms with E-state index in [4.69, 9.17) is 4.74 Å². The molecule has 0 aromatic carbocycles. The predicted octanol–water partition coefficient (Wildman–Crippen LogP) is 1.92. The number of aromatic nitrogens is 3. The normalized spacial score (nSPS) is 17.5. The maximum absolute atomic E-state index is 12.4. The molecule has 1 aliphatic heterocycles. The summed E-state index contributed by atoms with van der Waals surface area (Å²) in [6, 6.07) is 3.56. The molecule has 2 aromatic heterocycles. The summed E-state index contributed by atoms with van der Waals surface area (Å²) >= 11 is 0. The Morgan fingerprint density at radius 1 is 1.36 bits per heavy atom. The lowest BCUT2D eigenvalue weighted by molar-refractivity contribution is -0.134. The van der Waals surface area contributed by atoms with E-state index in [2.05, 4.69) is 15.0 Å². The van der Waals surface area contributed by atoms with Crippen LogP contribution in [0.2, 0.25) is 0 Å². The number of pyridine rings is 1. The SMILES string of the molecule is Cc1cncc([C@@H]2CCCN2C(=O)COc2cccnc2)n1. The van der Waals surface area contributed by atoms with Crippen molar-refractivity contribution in [3.8, 4) is 5.75 Å². The van der Waals surface area contributed by atoms with Crippen LogP contribution in [0.5, 0.6) is 5.75 Å². The van der Waals surface area contributed by atoms with E-state index in [-0.39, 0.29) is 18.6 Å². The van der Waals surface area contributed by atoms with Crippen molar-refractivity contribution < 1.29 is 9.53 Å². The molecular formula is C16H18N4O2. The van der Waals surface area contributed by atoms with Gasteiger partial charge in [-0.05, 0) is 31.9 Å². The summed E-state index contributed by atoms with van der Waals surface area (Å²) in [5.74, 6) is 0.566. The fourth-order valence-corrected chi connectivity index (χ4v) is 2.68. The lowest BCUT2D eigenvalue weighted by atomic mass is 10.1. The molecule has 0 N–H and O–H groups in total. The topological polar surface area (TPSA) is 68.2 Å². The van der Waals surface area contributed by atoms with Crippen molar-refractivity contribution in [3.63, 3.8) is 0 Å². The van der Waals surface area contributed by atoms with Gasteiger partial charge in [0.2, 0.25) is 0 Å². The van der Waals surface area contributed by atoms with Crippen molar-refractivity contribution in [2.75, 3.05) is 13.2 Å². The summed E-state index contributed by atoms with van der Waals surface area (Å²) in [5, 5.41) is 0. The Balaban J connectivity index is 1.66. The maximum Gasteiger partial charge on any atom is 0.261 e. The molecule has 0 spiro atoms. The number of hydrogen-bond donors (Lipinski definition) is 0. The summed E-state index contributed by atoms with van der Waals surface area (Å²) in [7, 11) is 0. The molecule has 1 aliphatic rings. The second kappa shape index (κ2) is 6.51. The zero-order valence-electron chi connectivity index (χ0n) is 12.5. The van der Waals surface area contributed by atoms with Gasteiger partial charge in [0.25, 0.3) is 5.91 Å². The van der Waals surface area contributed by atoms with Gasteiger partial charge in [-0.3, -0.25) is 19.7 Å². The van der Waals surface area contributed by atoms with E-state index in [0.29, 0.717) is 5.75 Å². The zero-order chi connectivity index (χ0) is 15.4. The third-order valence-corrected chi connectivity index (χ3v) is 3.68. The van der Waals surface area contributed by atoms with Crippen molar-refractivity contribution in [2.24, 2.45) is 0 Å². The molecule has 3 heterocycles. The molecule has 1 atom stereocenters. The van der Waals surface area contributed by atoms with Crippen molar-refractivity contribution in [1.82, 2.24) is 19.9 Å². The van der Waals surface area contributed by atoms with Gasteiger partial charge in [-0.25, -0.2) is 0 Å². The summed E-state index contributed by atoms with van der Waals surface area (Å²) in [6.07, 6.45) is 8.61. The predicted molar refractivity (Wildman–Crippen MR) is 80.2 cm³/mol. The van der Waals surface area contributed by atoms with Crippen LogP contribution in [0, 0.1) is 6.92 Å². The average Bonchev–Trinajstić information content (AvgIpc) is 3.03. The number of aryl methyl sites for hydroxylation is 1. The molecule has 2 aromatic rings. The summed E-state index contributed by atoms with van der Waals surface area (Å²) in [5.41, 5.74) is 1.72. The first-order valence-electron chi connectivity index (χ1n) is 7.35. The smallest absolute Gasteiger partial charge is 0.261 e. The Labute approximate surface area is 129 Å². The highest BCUT2D eigenvalue weighted by atomic mass is 16.5. The van der Waals surface area contributed by atoms with Crippen LogP contribution in [0.3, 0.4) is 0 Å². The van der Waals surface area contributed by atoms with Crippen LogP contribution in [-0.4, -0.2) is 38.9 Å². The highest BCUT2D eigenvalue weighted by molar-refractivity contribution is 5.78. The van der Waals surface area contributed by atoms with E-state index in [9.17, 15) is 4.79 Å². The molecule has 1 amide bonds. The van der Waals surface area contributed by atoms with Gasteiger partial charge in [-0.2, -0.15) is 0 Å². The van der Waals surface area contributed by atoms with Gasteiger partial charge in [-0.15, -0.1) is 0 Å². The number of nitrogens with zero attached hydrogens (tertiary/aromatic N) is 4. The fourth-order valence-electron chi connectivity index (χ4n) is 2.68. The van der Waals surface area contributed by atoms with E-state index < -0.39 is 0 Å². The van der Waals surface area contributed by atoms with Crippen LogP contribution in [0.15, 0.2) is 36.9 Å². The number of rotatable bonds is 4. The van der Waals surface area contributed by atoms with Crippen LogP contribution in [0.4, 0.5) is 0 Å². The lowest BCUT2D eigenvalue weighted by Gasteiger charge is -2.24. The highest BCUT2D eigenvalue weighted by Crippen LogP contribution is 2.30. The standard InChI is InChI=1S/C16H18N4O2/c1-12-8-18-10-14(19-12)15-5-3-7-20(15)16(21)11-22-13-4-2-6-17-9-13/h2,4,6,8-10,15H,3,5,7,11H2,1H3/t15-/m0/s1. The molecule has 0 unspecified atom stereocenters. The van der Waals surface area contributed by atoms with E-state index >= 15 is 0 Å². The Morgan fingerprint density at radius 2 is 2.27 bits per heavy atom. The Hall–Kier alpha value is -2.50. The average molecular weight is 298 g/mol. The zero-order valence-corrected chi connectivity index (χ0v) is 12.5. The largest absolute Gasteiger partial charge is 0.482 e. The molecular weight excluding hydrogens is 280 g/mol. The number of ether oxygens (including phenoxy) is 1. The van der Waals surface area contributed by atoms with Gasteiger partial charge < -0.3 is 9.64 Å². The molecule has 0 bridgehead atoms. The van der Waals surface area contributed by atoms with Crippen LogP contribution < -0.4 is 4.74 Å². The lowest BCUT2D eigenvalue weighted by Crippen LogP contribution is -2.34. The second-order valence-corrected chi connectivity index (χ2v) is 5.31. The van der Waals surface area contributed by atoms with E-state index in [1.54, 1.807) is 36.9 Å². The Bertz CT molecular complexity index is 648. The molecule has 3 rings (SSSR count). The number of carbonyl (C=O) groups excluding carboxylic acids is 1. The number of likely N-dealkylation sites (tertiary alicyclic amines) is 1. The van der Waals surface area contributed by atoms with Crippen LogP contribution >= 0.6 is 0 Å². The van der Waals surface area contributed by atoms with Gasteiger partial charge in [0.1, 0.15) is 5.75 Å². The number of amides is 1. The fraction of sp³-hybridized carbons (Fsp3) is 0.375. The molecule has 1 fully saturated rings. The monoisotopic (exact) mass is 298 g/mol. The van der Waals surface area contributed by atoms with Crippen molar-refractivity contribution in [3.05, 3.63) is 48.3 Å². The van der Waals surface area contributed by atoms with Crippen molar-refractivity contribution in [1.29, 1.82) is 0 Å². The number of hydrogen-bond acceptors (Lipinski definition) is 5. The minimum atomic E-state index is -0.0327. The third-order valence-electron chi connectivity index (χ3n) is 3.68. The van der Waals surface area contributed by atoms with Crippen LogP contribution in [0.1, 0.15) is 30.3 Å². The second-order valence-electron chi connectivity index (χ2n) is 5.31. The summed E-state index contributed by atoms with van der Waals surface area (Å²) in [4.78, 5) is 26.9. The first-order chi connectivity index (χ1) is 10.7. The minimum absolute atomic E-state index is 0.00241. The molecule has 114 valence electrons. The van der Waals surface area contributed by atoms with Crippen molar-refractivity contribution >= 4 is 5.91 Å². The van der Waals surface area contributed by atoms with E-state index in [1.807, 2.05) is 11.8 Å². The first kappa shape index (κ1) is 14.4. The van der Waals surface area contributed by atoms with E-state index in [1.165, 1.54) is 0 Å².